The van der Waals surface area contributed by atoms with Crippen molar-refractivity contribution in [2.24, 2.45) is 18.9 Å². The van der Waals surface area contributed by atoms with Gasteiger partial charge in [-0.05, 0) is 262 Å². The molecule has 0 saturated heterocycles. The van der Waals surface area contributed by atoms with Crippen LogP contribution >= 0.6 is 0 Å². The number of fused-ring (bicyclic) bond motifs is 3. The van der Waals surface area contributed by atoms with Gasteiger partial charge in [0.2, 0.25) is 17.7 Å². The molecule has 24 nitrogen and oxygen atoms in total. The summed E-state index contributed by atoms with van der Waals surface area (Å²) in [6.07, 6.45) is 7.42. The first-order valence-corrected chi connectivity index (χ1v) is 41.7. The maximum absolute atomic E-state index is 16.3. The Morgan fingerprint density at radius 1 is 0.520 bits per heavy atom. The first kappa shape index (κ1) is 79.3. The van der Waals surface area contributed by atoms with Crippen molar-refractivity contribution in [2.45, 2.75) is 158 Å². The molecule has 7 aromatic carbocycles. The first-order chi connectivity index (χ1) is 59.5. The maximum atomic E-state index is 16.3. The summed E-state index contributed by atoms with van der Waals surface area (Å²) in [6.45, 7) is 3.98. The van der Waals surface area contributed by atoms with E-state index >= 15 is 26.3 Å². The molecule has 20 rings (SSSR count). The third-order valence-electron chi connectivity index (χ3n) is 25.6. The fourth-order valence-corrected chi connectivity index (χ4v) is 19.0. The zero-order valence-electron chi connectivity index (χ0n) is 68.0. The predicted octanol–water partition coefficient (Wildman–Crippen LogP) is 17.3. The van der Waals surface area contributed by atoms with Crippen molar-refractivity contribution in [1.82, 2.24) is 84.3 Å². The Morgan fingerprint density at radius 2 is 1.02 bits per heavy atom. The Labute approximate surface area is 701 Å². The van der Waals surface area contributed by atoms with Gasteiger partial charge in [0.15, 0.2) is 40.0 Å². The van der Waals surface area contributed by atoms with Crippen LogP contribution in [0.5, 0.6) is 5.75 Å². The van der Waals surface area contributed by atoms with E-state index in [1.54, 1.807) is 77.9 Å². The number of rotatable bonds is 26. The average molecular weight is 1670 g/mol. The van der Waals surface area contributed by atoms with Gasteiger partial charge in [-0.3, -0.25) is 9.80 Å². The zero-order valence-corrected chi connectivity index (χ0v) is 68.0. The highest BCUT2D eigenvalue weighted by Crippen LogP contribution is 2.65. The average Bonchev–Trinajstić information content (AvgIpc) is 1.56. The molecule has 5 aliphatic rings. The number of hydrogen-bond acceptors (Lipinski definition) is 21. The van der Waals surface area contributed by atoms with Crippen LogP contribution in [0.15, 0.2) is 172 Å². The third-order valence-corrected chi connectivity index (χ3v) is 25.6. The summed E-state index contributed by atoms with van der Waals surface area (Å²) in [5.74, 6) is 0.223. The number of halogens is 6. The largest absolute Gasteiger partial charge is 0.493 e. The van der Waals surface area contributed by atoms with Gasteiger partial charge in [0, 0.05) is 104 Å². The number of alkyl halides is 3. The Hall–Kier alpha value is -12.2. The Kier molecular flexibility index (Phi) is 20.4. The van der Waals surface area contributed by atoms with Gasteiger partial charge >= 0.3 is 6.18 Å². The van der Waals surface area contributed by atoms with Crippen LogP contribution in [0.4, 0.5) is 26.3 Å². The van der Waals surface area contributed by atoms with E-state index in [-0.39, 0.29) is 90.3 Å². The number of aliphatic hydroxyl groups excluding tert-OH is 2. The van der Waals surface area contributed by atoms with Gasteiger partial charge in [0.05, 0.1) is 24.9 Å². The SMILES string of the molecule is COc1cc(CN(C)[C@@H]2CCC[C@@H]2O)cc2nc(-c3cccc(-c4ccc(F)cc4-c4nncn4CCn4cnnc4-c4cc(F)ccc4-c4cc(-c5nc6cc(CN(C)[C@@H]7CCC[C@@H]7O)cc(C(F)(F)F)c6o5)nc(C5CC5C5CC5c5cc(-c6ccc(F)cc6-c6nncn6C)cc(-c6nc7cc(CNCC8(O)CCC8)cc(C)c7o6)n5)c4)c3)oc12. The van der Waals surface area contributed by atoms with Crippen molar-refractivity contribution in [1.29, 1.82) is 0 Å². The molecule has 0 aliphatic heterocycles. The molecule has 123 heavy (non-hydrogen) atoms. The van der Waals surface area contributed by atoms with Crippen molar-refractivity contribution in [3.63, 3.8) is 0 Å². The number of aromatic nitrogens is 14. The summed E-state index contributed by atoms with van der Waals surface area (Å²) in [5.41, 5.74) is 10.7. The fraction of sp³-hybridized carbons (Fsp3) is 0.344. The zero-order chi connectivity index (χ0) is 84.4. The van der Waals surface area contributed by atoms with E-state index in [2.05, 4.69) is 40.8 Å². The highest BCUT2D eigenvalue weighted by Gasteiger charge is 2.56. The Balaban J connectivity index is 0.626. The highest BCUT2D eigenvalue weighted by molar-refractivity contribution is 5.89. The van der Waals surface area contributed by atoms with E-state index in [0.717, 1.165) is 79.8 Å². The van der Waals surface area contributed by atoms with E-state index < -0.39 is 46.5 Å². The standard InChI is InChI=1S/C93H87F6N17O7/c1-49-26-50(42-100-45-92(119)22-9-23-92)28-73-83(49)121-90(107-73)76-35-55(61-20-17-57(94)37-67(61)86-109-101-46-114(86)4)33-71(104-76)65-40-63(65)64-41-66(64)72-34-56(36-77(105-72)91-108-74-29-51(27-70(84(74)122-91)93(97,98)99)43-112(2)78-12-7-14-80(78)117)62-21-18-59(96)39-69(62)88-111-103-48-116(88)25-24-115-47-102-110-87(115)68-38-58(95)16-19-60(68)53-10-6-11-54(32-53)89-106-75-30-52(31-82(120-5)85(75)123-89)44-113(3)79-13-8-15-81(79)118/h6,10-11,16-21,26-39,46-48,63-66,78-81,100,117-119H,7-9,12-15,22-25,40-45H2,1-5H3/t63?,64?,65?,66?,78-,79-,80+,81+/m1/s1. The molecule has 0 bridgehead atoms. The molecule has 8 atom stereocenters. The molecule has 0 amide bonds. The van der Waals surface area contributed by atoms with Crippen molar-refractivity contribution in [3.05, 3.63) is 215 Å². The lowest BCUT2D eigenvalue weighted by Crippen LogP contribution is -2.45. The van der Waals surface area contributed by atoms with Crippen LogP contribution in [0.25, 0.3) is 135 Å². The van der Waals surface area contributed by atoms with Crippen LogP contribution in [0.1, 0.15) is 122 Å². The molecule has 5 aliphatic carbocycles. The van der Waals surface area contributed by atoms with E-state index in [0.29, 0.717) is 157 Å². The van der Waals surface area contributed by atoms with E-state index in [1.165, 1.54) is 42.7 Å². The highest BCUT2D eigenvalue weighted by atomic mass is 19.4. The van der Waals surface area contributed by atoms with Gasteiger partial charge in [-0.25, -0.2) is 38.1 Å². The minimum Gasteiger partial charge on any atom is -0.493 e. The lowest BCUT2D eigenvalue weighted by molar-refractivity contribution is -0.136. The number of hydrogen-bond donors (Lipinski definition) is 4. The molecule has 8 heterocycles. The fourth-order valence-electron chi connectivity index (χ4n) is 19.0. The molecule has 628 valence electrons. The minimum absolute atomic E-state index is 0.0185. The lowest BCUT2D eigenvalue weighted by Gasteiger charge is -2.36. The van der Waals surface area contributed by atoms with Crippen molar-refractivity contribution < 1.29 is 59.7 Å². The normalized spacial score (nSPS) is 20.0. The van der Waals surface area contributed by atoms with Crippen molar-refractivity contribution >= 4 is 33.3 Å². The van der Waals surface area contributed by atoms with Gasteiger partial charge in [0.1, 0.15) is 69.9 Å². The molecule has 0 radical (unpaired) electrons. The van der Waals surface area contributed by atoms with Crippen LogP contribution < -0.4 is 10.1 Å². The van der Waals surface area contributed by atoms with Crippen molar-refractivity contribution in [3.8, 4) is 108 Å². The number of pyridine rings is 2. The molecule has 5 saturated carbocycles. The Morgan fingerprint density at radius 3 is 1.54 bits per heavy atom. The molecule has 30 heteroatoms. The topological polar surface area (TPSA) is 284 Å². The number of oxazole rings is 3. The molecule has 8 aromatic heterocycles. The van der Waals surface area contributed by atoms with Gasteiger partial charge in [-0.2, -0.15) is 13.2 Å². The number of aliphatic hydroxyl groups is 3. The Bertz CT molecular complexity index is 6590. The quantitative estimate of drug-likeness (QED) is 0.0366. The summed E-state index contributed by atoms with van der Waals surface area (Å²) >= 11 is 0. The number of ether oxygens (including phenoxy) is 1. The van der Waals surface area contributed by atoms with Crippen LogP contribution in [0.3, 0.4) is 0 Å². The second-order valence-electron chi connectivity index (χ2n) is 34.1. The summed E-state index contributed by atoms with van der Waals surface area (Å²) in [6, 6.07) is 38.8. The summed E-state index contributed by atoms with van der Waals surface area (Å²) < 4.78 is 125. The minimum atomic E-state index is -4.86. The van der Waals surface area contributed by atoms with E-state index in [9.17, 15) is 15.3 Å². The summed E-state index contributed by atoms with van der Waals surface area (Å²) in [7, 11) is 7.18. The second-order valence-corrected chi connectivity index (χ2v) is 34.1. The number of likely N-dealkylation sites (N-methyl/N-ethyl adjacent to an activating group) is 2. The van der Waals surface area contributed by atoms with Crippen LogP contribution in [0.2, 0.25) is 0 Å². The first-order valence-electron chi connectivity index (χ1n) is 41.7. The van der Waals surface area contributed by atoms with E-state index in [4.69, 9.17) is 42.9 Å². The number of nitrogens with zero attached hydrogens (tertiary/aromatic N) is 16. The summed E-state index contributed by atoms with van der Waals surface area (Å²) in [5, 5.41) is 62.2. The van der Waals surface area contributed by atoms with Crippen LogP contribution in [0, 0.1) is 36.2 Å². The number of methoxy groups -OCH3 is 1. The third kappa shape index (κ3) is 15.5. The molecule has 5 fully saturated rings. The van der Waals surface area contributed by atoms with Crippen molar-refractivity contribution in [2.75, 3.05) is 27.7 Å². The predicted molar refractivity (Wildman–Crippen MR) is 447 cm³/mol. The second kappa shape index (κ2) is 31.6. The van der Waals surface area contributed by atoms with Crippen LogP contribution in [-0.4, -0.2) is 152 Å². The molecular formula is C93H87F6N17O7. The number of benzene rings is 7. The smallest absolute Gasteiger partial charge is 0.420 e. The number of nitrogens with one attached hydrogen (secondary N) is 1. The molecular weight excluding hydrogens is 1580 g/mol. The number of aryl methyl sites for hydroxylation is 4. The molecule has 15 aromatic rings. The lowest BCUT2D eigenvalue weighted by atomic mass is 9.80. The van der Waals surface area contributed by atoms with Gasteiger partial charge < -0.3 is 52.3 Å². The molecule has 4 unspecified atom stereocenters. The molecule has 0 spiro atoms. The monoisotopic (exact) mass is 1670 g/mol. The van der Waals surface area contributed by atoms with Gasteiger partial charge in [-0.1, -0.05) is 36.4 Å². The summed E-state index contributed by atoms with van der Waals surface area (Å²) in [4.78, 5) is 29.5. The van der Waals surface area contributed by atoms with Gasteiger partial charge in [0.25, 0.3) is 0 Å². The van der Waals surface area contributed by atoms with Gasteiger partial charge in [-0.15, -0.1) is 30.6 Å². The molecule has 4 N–H and O–H groups in total. The maximum Gasteiger partial charge on any atom is 0.420 e. The van der Waals surface area contributed by atoms with E-state index in [1.807, 2.05) is 85.6 Å². The van der Waals surface area contributed by atoms with Crippen LogP contribution in [-0.2, 0) is 45.9 Å².